The van der Waals surface area contributed by atoms with Crippen LogP contribution >= 0.6 is 0 Å². The minimum absolute atomic E-state index is 0.516. The highest BCUT2D eigenvalue weighted by Crippen LogP contribution is 2.19. The molecule has 0 saturated carbocycles. The van der Waals surface area contributed by atoms with Crippen molar-refractivity contribution < 1.29 is 4.74 Å². The highest BCUT2D eigenvalue weighted by Gasteiger charge is 2.10. The van der Waals surface area contributed by atoms with Gasteiger partial charge in [-0.25, -0.2) is 0 Å². The van der Waals surface area contributed by atoms with Crippen LogP contribution in [0.5, 0.6) is 0 Å². The van der Waals surface area contributed by atoms with Gasteiger partial charge < -0.3 is 15.4 Å². The van der Waals surface area contributed by atoms with Crippen molar-refractivity contribution >= 4 is 0 Å². The van der Waals surface area contributed by atoms with Gasteiger partial charge in [-0.1, -0.05) is 44.1 Å². The molecule has 0 rings (SSSR count). The van der Waals surface area contributed by atoms with Crippen molar-refractivity contribution in [2.75, 3.05) is 20.2 Å². The standard InChI is InChI=1S/C18H32N2O/c1-6-9-11-17(20(5)15-16(4)8-3)18(12-10-7-2)21-14-13-19/h7,10-12,15H,6,8-9,13-14,19H2,1-5H3/b10-7-,16-15-,17-11-,18-12+. The van der Waals surface area contributed by atoms with Gasteiger partial charge in [0.15, 0.2) is 0 Å². The number of hydrogen-bond donors (Lipinski definition) is 1. The molecular formula is C18H32N2O. The van der Waals surface area contributed by atoms with E-state index < -0.39 is 0 Å². The summed E-state index contributed by atoms with van der Waals surface area (Å²) in [6, 6.07) is 0. The molecule has 0 aromatic heterocycles. The molecule has 0 aliphatic rings. The zero-order valence-corrected chi connectivity index (χ0v) is 14.4. The Kier molecular flexibility index (Phi) is 11.4. The zero-order chi connectivity index (χ0) is 16.1. The molecule has 21 heavy (non-hydrogen) atoms. The van der Waals surface area contributed by atoms with Crippen LogP contribution in [-0.4, -0.2) is 25.1 Å². The van der Waals surface area contributed by atoms with Gasteiger partial charge in [-0.2, -0.15) is 0 Å². The molecule has 0 spiro atoms. The van der Waals surface area contributed by atoms with Crippen LogP contribution in [-0.2, 0) is 4.74 Å². The van der Waals surface area contributed by atoms with E-state index in [9.17, 15) is 0 Å². The molecular weight excluding hydrogens is 260 g/mol. The summed E-state index contributed by atoms with van der Waals surface area (Å²) in [4.78, 5) is 2.14. The minimum atomic E-state index is 0.516. The first kappa shape index (κ1) is 19.5. The van der Waals surface area contributed by atoms with E-state index in [4.69, 9.17) is 10.5 Å². The maximum absolute atomic E-state index is 5.83. The molecule has 0 amide bonds. The SMILES string of the molecule is C\C=C/C=C(OCCN)\C(=C\CCC)N(C)/C=C(/C)CC. The molecule has 0 radical (unpaired) electrons. The number of allylic oxidation sites excluding steroid dienone is 5. The molecule has 0 aromatic carbocycles. The Morgan fingerprint density at radius 3 is 2.52 bits per heavy atom. The Morgan fingerprint density at radius 2 is 2.00 bits per heavy atom. The molecule has 0 heterocycles. The topological polar surface area (TPSA) is 38.5 Å². The van der Waals surface area contributed by atoms with E-state index in [-0.39, 0.29) is 0 Å². The maximum atomic E-state index is 5.83. The average Bonchev–Trinajstić information content (AvgIpc) is 2.49. The number of nitrogens with two attached hydrogens (primary N) is 1. The van der Waals surface area contributed by atoms with Gasteiger partial charge in [0, 0.05) is 19.8 Å². The van der Waals surface area contributed by atoms with Crippen LogP contribution in [0.25, 0.3) is 0 Å². The predicted molar refractivity (Wildman–Crippen MR) is 92.7 cm³/mol. The van der Waals surface area contributed by atoms with Crippen LogP contribution in [0.1, 0.15) is 47.0 Å². The number of unbranched alkanes of at least 4 members (excludes halogenated alkanes) is 1. The second-order valence-electron chi connectivity index (χ2n) is 5.01. The van der Waals surface area contributed by atoms with Gasteiger partial charge in [-0.15, -0.1) is 0 Å². The van der Waals surface area contributed by atoms with Gasteiger partial charge in [0.2, 0.25) is 0 Å². The molecule has 0 atom stereocenters. The summed E-state index contributed by atoms with van der Waals surface area (Å²) < 4.78 is 5.83. The molecule has 0 unspecified atom stereocenters. The van der Waals surface area contributed by atoms with Crippen LogP contribution < -0.4 is 5.73 Å². The summed E-state index contributed by atoms with van der Waals surface area (Å²) >= 11 is 0. The molecule has 0 saturated heterocycles. The maximum Gasteiger partial charge on any atom is 0.142 e. The molecule has 120 valence electrons. The fourth-order valence-electron chi connectivity index (χ4n) is 1.75. The Bertz CT molecular complexity index is 392. The van der Waals surface area contributed by atoms with Gasteiger partial charge in [0.1, 0.15) is 12.4 Å². The van der Waals surface area contributed by atoms with E-state index in [0.717, 1.165) is 30.7 Å². The summed E-state index contributed by atoms with van der Waals surface area (Å²) in [7, 11) is 2.07. The van der Waals surface area contributed by atoms with Gasteiger partial charge in [-0.3, -0.25) is 0 Å². The molecule has 3 heteroatoms. The van der Waals surface area contributed by atoms with Crippen LogP contribution in [0.15, 0.2) is 47.5 Å². The largest absolute Gasteiger partial charge is 0.490 e. The molecule has 0 bridgehead atoms. The summed E-state index contributed by atoms with van der Waals surface area (Å²) in [6.45, 7) is 9.52. The lowest BCUT2D eigenvalue weighted by Gasteiger charge is -2.22. The number of ether oxygens (including phenoxy) is 1. The first-order chi connectivity index (χ1) is 10.1. The quantitative estimate of drug-likeness (QED) is 0.480. The lowest BCUT2D eigenvalue weighted by atomic mass is 10.2. The smallest absolute Gasteiger partial charge is 0.142 e. The summed E-state index contributed by atoms with van der Waals surface area (Å²) in [5, 5.41) is 0. The lowest BCUT2D eigenvalue weighted by Crippen LogP contribution is -2.17. The Hall–Kier alpha value is -1.48. The first-order valence-corrected chi connectivity index (χ1v) is 7.87. The summed E-state index contributed by atoms with van der Waals surface area (Å²) in [5.74, 6) is 0.870. The lowest BCUT2D eigenvalue weighted by molar-refractivity contribution is 0.217. The van der Waals surface area contributed by atoms with Crippen molar-refractivity contribution in [2.24, 2.45) is 5.73 Å². The van der Waals surface area contributed by atoms with E-state index in [0.29, 0.717) is 13.2 Å². The van der Waals surface area contributed by atoms with Crippen LogP contribution in [0.4, 0.5) is 0 Å². The molecule has 0 aliphatic carbocycles. The highest BCUT2D eigenvalue weighted by atomic mass is 16.5. The Morgan fingerprint density at radius 1 is 1.29 bits per heavy atom. The van der Waals surface area contributed by atoms with Crippen LogP contribution in [0, 0.1) is 0 Å². The monoisotopic (exact) mass is 292 g/mol. The van der Waals surface area contributed by atoms with Crippen molar-refractivity contribution in [3.8, 4) is 0 Å². The average molecular weight is 292 g/mol. The van der Waals surface area contributed by atoms with E-state index in [1.807, 2.05) is 25.2 Å². The summed E-state index contributed by atoms with van der Waals surface area (Å²) in [6.07, 6.45) is 13.6. The van der Waals surface area contributed by atoms with Gasteiger partial charge in [0.05, 0.1) is 5.70 Å². The minimum Gasteiger partial charge on any atom is -0.490 e. The van der Waals surface area contributed by atoms with Crippen molar-refractivity contribution in [1.29, 1.82) is 0 Å². The van der Waals surface area contributed by atoms with E-state index >= 15 is 0 Å². The Labute approximate surface area is 130 Å². The molecule has 0 aliphatic heterocycles. The number of likely N-dealkylation sites (N-methyl/N-ethyl adjacent to an activating group) is 1. The van der Waals surface area contributed by atoms with E-state index in [2.05, 4.69) is 45.0 Å². The van der Waals surface area contributed by atoms with Crippen LogP contribution in [0.2, 0.25) is 0 Å². The molecule has 3 nitrogen and oxygen atoms in total. The number of hydrogen-bond acceptors (Lipinski definition) is 3. The van der Waals surface area contributed by atoms with Gasteiger partial charge in [0.25, 0.3) is 0 Å². The van der Waals surface area contributed by atoms with Crippen molar-refractivity contribution in [3.63, 3.8) is 0 Å². The molecule has 2 N–H and O–H groups in total. The second-order valence-corrected chi connectivity index (χ2v) is 5.01. The summed E-state index contributed by atoms with van der Waals surface area (Å²) in [5.41, 5.74) is 8.00. The second kappa shape index (κ2) is 12.3. The Balaban J connectivity index is 5.41. The van der Waals surface area contributed by atoms with E-state index in [1.54, 1.807) is 0 Å². The van der Waals surface area contributed by atoms with Crippen molar-refractivity contribution in [2.45, 2.75) is 47.0 Å². The van der Waals surface area contributed by atoms with Gasteiger partial charge >= 0.3 is 0 Å². The third kappa shape index (κ3) is 8.41. The fourth-order valence-corrected chi connectivity index (χ4v) is 1.75. The number of nitrogens with zero attached hydrogens (tertiary/aromatic N) is 1. The third-order valence-corrected chi connectivity index (χ3v) is 3.05. The van der Waals surface area contributed by atoms with E-state index in [1.165, 1.54) is 5.57 Å². The predicted octanol–water partition coefficient (Wildman–Crippen LogP) is 4.35. The fraction of sp³-hybridized carbons (Fsp3) is 0.556. The van der Waals surface area contributed by atoms with Crippen molar-refractivity contribution in [3.05, 3.63) is 47.5 Å². The van der Waals surface area contributed by atoms with Gasteiger partial charge in [-0.05, 0) is 32.8 Å². The van der Waals surface area contributed by atoms with Crippen LogP contribution in [0.3, 0.4) is 0 Å². The van der Waals surface area contributed by atoms with Crippen molar-refractivity contribution in [1.82, 2.24) is 4.90 Å². The molecule has 0 fully saturated rings. The number of rotatable bonds is 10. The third-order valence-electron chi connectivity index (χ3n) is 3.05. The first-order valence-electron chi connectivity index (χ1n) is 7.87. The zero-order valence-electron chi connectivity index (χ0n) is 14.4. The highest BCUT2D eigenvalue weighted by molar-refractivity contribution is 5.29. The molecule has 0 aromatic rings. The normalized spacial score (nSPS) is 13.9.